The zero-order chi connectivity index (χ0) is 11.8. The number of hydrogen-bond donors (Lipinski definition) is 2. The van der Waals surface area contributed by atoms with Crippen LogP contribution in [0.15, 0.2) is 0 Å². The van der Waals surface area contributed by atoms with Crippen LogP contribution in [-0.2, 0) is 4.79 Å². The van der Waals surface area contributed by atoms with E-state index in [0.29, 0.717) is 25.0 Å². The van der Waals surface area contributed by atoms with Crippen molar-refractivity contribution in [3.63, 3.8) is 0 Å². The van der Waals surface area contributed by atoms with E-state index >= 15 is 0 Å². The van der Waals surface area contributed by atoms with Crippen LogP contribution in [0.4, 0.5) is 4.39 Å². The van der Waals surface area contributed by atoms with E-state index in [-0.39, 0.29) is 0 Å². The zero-order valence-corrected chi connectivity index (χ0v) is 9.75. The highest BCUT2D eigenvalue weighted by Crippen LogP contribution is 2.32. The van der Waals surface area contributed by atoms with Gasteiger partial charge in [0.25, 0.3) is 5.91 Å². The quantitative estimate of drug-likeness (QED) is 0.730. The Balaban J connectivity index is 2.06. The van der Waals surface area contributed by atoms with Crippen molar-refractivity contribution >= 4 is 5.91 Å². The lowest BCUT2D eigenvalue weighted by atomic mass is 9.79. The van der Waals surface area contributed by atoms with E-state index in [9.17, 15) is 9.18 Å². The molecule has 3 nitrogen and oxygen atoms in total. The molecule has 0 heterocycles. The Morgan fingerprint density at radius 3 is 2.25 bits per heavy atom. The Hall–Kier alpha value is -0.640. The highest BCUT2D eigenvalue weighted by Gasteiger charge is 2.20. The van der Waals surface area contributed by atoms with Gasteiger partial charge in [-0.3, -0.25) is 4.79 Å². The molecule has 1 amide bonds. The zero-order valence-electron chi connectivity index (χ0n) is 9.75. The lowest BCUT2D eigenvalue weighted by molar-refractivity contribution is -0.121. The molecule has 4 heteroatoms. The molecule has 1 saturated carbocycles. The van der Waals surface area contributed by atoms with E-state index < -0.39 is 12.6 Å². The number of alkyl halides is 1. The minimum Gasteiger partial charge on any atom is -0.396 e. The third-order valence-electron chi connectivity index (χ3n) is 3.50. The van der Waals surface area contributed by atoms with Gasteiger partial charge in [0.15, 0.2) is 6.67 Å². The SMILES string of the molecule is O=C(CF)NCCC1CCC(CCO)CC1. The van der Waals surface area contributed by atoms with E-state index in [1.807, 2.05) is 0 Å². The molecule has 0 radical (unpaired) electrons. The number of halogens is 1. The standard InChI is InChI=1S/C12H22FNO2/c13-9-12(16)14-7-5-10-1-3-11(4-2-10)6-8-15/h10-11,15H,1-9H2,(H,14,16). The maximum Gasteiger partial charge on any atom is 0.251 e. The molecular weight excluding hydrogens is 209 g/mol. The molecule has 2 N–H and O–H groups in total. The fraction of sp³-hybridized carbons (Fsp3) is 0.917. The van der Waals surface area contributed by atoms with Crippen LogP contribution in [0.5, 0.6) is 0 Å². The van der Waals surface area contributed by atoms with Crippen LogP contribution in [0.3, 0.4) is 0 Å². The van der Waals surface area contributed by atoms with Crippen LogP contribution in [0, 0.1) is 11.8 Å². The van der Waals surface area contributed by atoms with Crippen molar-refractivity contribution in [2.45, 2.75) is 38.5 Å². The second-order valence-corrected chi connectivity index (χ2v) is 4.67. The lowest BCUT2D eigenvalue weighted by Gasteiger charge is -2.28. The summed E-state index contributed by atoms with van der Waals surface area (Å²) in [7, 11) is 0. The first-order valence-corrected chi connectivity index (χ1v) is 6.19. The largest absolute Gasteiger partial charge is 0.396 e. The van der Waals surface area contributed by atoms with Crippen molar-refractivity contribution < 1.29 is 14.3 Å². The van der Waals surface area contributed by atoms with Gasteiger partial charge in [-0.1, -0.05) is 25.7 Å². The molecule has 0 aliphatic heterocycles. The molecule has 0 unspecified atom stereocenters. The molecule has 0 bridgehead atoms. The second kappa shape index (κ2) is 7.60. The average molecular weight is 231 g/mol. The maximum atomic E-state index is 11.9. The van der Waals surface area contributed by atoms with Gasteiger partial charge in [0.1, 0.15) is 0 Å². The number of carbonyl (C=O) groups excluding carboxylic acids is 1. The first-order chi connectivity index (χ1) is 7.76. The number of carbonyl (C=O) groups is 1. The van der Waals surface area contributed by atoms with Gasteiger partial charge in [-0.25, -0.2) is 4.39 Å². The molecule has 1 aliphatic rings. The predicted molar refractivity (Wildman–Crippen MR) is 60.8 cm³/mol. The van der Waals surface area contributed by atoms with Crippen LogP contribution in [-0.4, -0.2) is 30.8 Å². The van der Waals surface area contributed by atoms with Gasteiger partial charge in [-0.05, 0) is 24.7 Å². The van der Waals surface area contributed by atoms with Gasteiger partial charge in [0, 0.05) is 13.2 Å². The van der Waals surface area contributed by atoms with E-state index in [1.54, 1.807) is 0 Å². The van der Waals surface area contributed by atoms with Crippen LogP contribution < -0.4 is 5.32 Å². The summed E-state index contributed by atoms with van der Waals surface area (Å²) >= 11 is 0. The first-order valence-electron chi connectivity index (χ1n) is 6.19. The summed E-state index contributed by atoms with van der Waals surface area (Å²) in [5.41, 5.74) is 0. The molecular formula is C12H22FNO2. The van der Waals surface area contributed by atoms with E-state index in [1.165, 1.54) is 25.7 Å². The molecule has 0 aromatic heterocycles. The molecule has 1 aliphatic carbocycles. The Labute approximate surface area is 96.4 Å². The number of aliphatic hydroxyl groups excluding tert-OH is 1. The summed E-state index contributed by atoms with van der Waals surface area (Å²) in [6.45, 7) is -0.0246. The summed E-state index contributed by atoms with van der Waals surface area (Å²) in [6, 6.07) is 0. The maximum absolute atomic E-state index is 11.9. The van der Waals surface area contributed by atoms with Gasteiger partial charge in [0.05, 0.1) is 0 Å². The molecule has 1 fully saturated rings. The van der Waals surface area contributed by atoms with E-state index in [0.717, 1.165) is 12.8 Å². The monoisotopic (exact) mass is 231 g/mol. The first kappa shape index (κ1) is 13.4. The normalized spacial score (nSPS) is 25.4. The van der Waals surface area contributed by atoms with Gasteiger partial charge in [-0.15, -0.1) is 0 Å². The fourth-order valence-electron chi connectivity index (χ4n) is 2.45. The third-order valence-corrected chi connectivity index (χ3v) is 3.50. The molecule has 94 valence electrons. The molecule has 1 rings (SSSR count). The number of rotatable bonds is 6. The van der Waals surface area contributed by atoms with Crippen LogP contribution in [0.1, 0.15) is 38.5 Å². The molecule has 0 spiro atoms. The van der Waals surface area contributed by atoms with Crippen LogP contribution >= 0.6 is 0 Å². The second-order valence-electron chi connectivity index (χ2n) is 4.67. The summed E-state index contributed by atoms with van der Waals surface area (Å²) in [6.07, 6.45) is 6.60. The summed E-state index contributed by atoms with van der Waals surface area (Å²) < 4.78 is 11.9. The third kappa shape index (κ3) is 4.92. The van der Waals surface area contributed by atoms with Crippen molar-refractivity contribution in [3.05, 3.63) is 0 Å². The van der Waals surface area contributed by atoms with Crippen molar-refractivity contribution in [1.82, 2.24) is 5.32 Å². The van der Waals surface area contributed by atoms with Gasteiger partial charge < -0.3 is 10.4 Å². The molecule has 0 saturated heterocycles. The molecule has 0 atom stereocenters. The molecule has 0 aromatic rings. The van der Waals surface area contributed by atoms with E-state index in [4.69, 9.17) is 5.11 Å². The number of amides is 1. The highest BCUT2D eigenvalue weighted by molar-refractivity contribution is 5.76. The Morgan fingerprint density at radius 1 is 1.19 bits per heavy atom. The van der Waals surface area contributed by atoms with E-state index in [2.05, 4.69) is 5.32 Å². The Morgan fingerprint density at radius 2 is 1.75 bits per heavy atom. The van der Waals surface area contributed by atoms with Crippen molar-refractivity contribution in [2.75, 3.05) is 19.8 Å². The average Bonchev–Trinajstić information content (AvgIpc) is 2.31. The van der Waals surface area contributed by atoms with Gasteiger partial charge in [0.2, 0.25) is 0 Å². The summed E-state index contributed by atoms with van der Waals surface area (Å²) in [5.74, 6) is 0.838. The smallest absolute Gasteiger partial charge is 0.251 e. The minimum atomic E-state index is -0.913. The topological polar surface area (TPSA) is 49.3 Å². The molecule has 16 heavy (non-hydrogen) atoms. The van der Waals surface area contributed by atoms with Crippen LogP contribution in [0.2, 0.25) is 0 Å². The van der Waals surface area contributed by atoms with Crippen molar-refractivity contribution in [2.24, 2.45) is 11.8 Å². The van der Waals surface area contributed by atoms with Crippen LogP contribution in [0.25, 0.3) is 0 Å². The molecule has 0 aromatic carbocycles. The minimum absolute atomic E-state index is 0.294. The number of nitrogens with one attached hydrogen (secondary N) is 1. The summed E-state index contributed by atoms with van der Waals surface area (Å²) in [5, 5.41) is 11.4. The fourth-order valence-corrected chi connectivity index (χ4v) is 2.45. The number of hydrogen-bond acceptors (Lipinski definition) is 2. The summed E-state index contributed by atoms with van der Waals surface area (Å²) in [4.78, 5) is 10.7. The Bertz CT molecular complexity index is 203. The number of aliphatic hydroxyl groups is 1. The van der Waals surface area contributed by atoms with Gasteiger partial charge >= 0.3 is 0 Å². The lowest BCUT2D eigenvalue weighted by Crippen LogP contribution is -2.28. The van der Waals surface area contributed by atoms with Crippen molar-refractivity contribution in [3.8, 4) is 0 Å². The van der Waals surface area contributed by atoms with Gasteiger partial charge in [-0.2, -0.15) is 0 Å². The highest BCUT2D eigenvalue weighted by atomic mass is 19.1. The predicted octanol–water partition coefficient (Wildman–Crippen LogP) is 1.65. The van der Waals surface area contributed by atoms with Crippen molar-refractivity contribution in [1.29, 1.82) is 0 Å². The Kier molecular flexibility index (Phi) is 6.38.